The maximum Gasteiger partial charge on any atom is 0.222 e. The first-order chi connectivity index (χ1) is 8.08. The lowest BCUT2D eigenvalue weighted by molar-refractivity contribution is -0.114. The van der Waals surface area contributed by atoms with Crippen molar-refractivity contribution in [3.8, 4) is 5.69 Å². The molecular formula is C11H9F2N3O. The average Bonchev–Trinajstić information content (AvgIpc) is 2.65. The number of carbonyl (C=O) groups is 1. The van der Waals surface area contributed by atoms with Gasteiger partial charge in [-0.2, -0.15) is 5.10 Å². The number of amides is 1. The van der Waals surface area contributed by atoms with E-state index in [1.165, 1.54) is 29.9 Å². The molecule has 0 atom stereocenters. The molecule has 0 radical (unpaired) electrons. The molecule has 4 nitrogen and oxygen atoms in total. The predicted molar refractivity (Wildman–Crippen MR) is 57.8 cm³/mol. The Hall–Kier alpha value is -2.24. The third-order valence-electron chi connectivity index (χ3n) is 2.08. The molecule has 0 bridgehead atoms. The highest BCUT2D eigenvalue weighted by Crippen LogP contribution is 2.18. The first kappa shape index (κ1) is 11.3. The van der Waals surface area contributed by atoms with Crippen molar-refractivity contribution in [2.75, 3.05) is 5.32 Å². The molecule has 1 amide bonds. The van der Waals surface area contributed by atoms with Gasteiger partial charge in [-0.1, -0.05) is 0 Å². The molecule has 2 rings (SSSR count). The number of anilines is 1. The summed E-state index contributed by atoms with van der Waals surface area (Å²) in [5.74, 6) is -1.39. The molecule has 88 valence electrons. The fraction of sp³-hybridized carbons (Fsp3) is 0.0909. The van der Waals surface area contributed by atoms with Crippen LogP contribution in [-0.4, -0.2) is 15.7 Å². The fourth-order valence-corrected chi connectivity index (χ4v) is 1.42. The molecule has 1 N–H and O–H groups in total. The molecule has 1 aromatic carbocycles. The van der Waals surface area contributed by atoms with Gasteiger partial charge in [0.2, 0.25) is 5.91 Å². The molecule has 0 fully saturated rings. The van der Waals surface area contributed by atoms with E-state index in [1.54, 1.807) is 0 Å². The van der Waals surface area contributed by atoms with Gasteiger partial charge in [-0.05, 0) is 12.1 Å². The maximum atomic E-state index is 13.5. The van der Waals surface area contributed by atoms with Gasteiger partial charge in [0.05, 0.1) is 6.20 Å². The van der Waals surface area contributed by atoms with Crippen LogP contribution in [0.2, 0.25) is 0 Å². The standard InChI is InChI=1S/C11H9F2N3O/c1-7(17)15-11-4-5-14-16(11)10-3-2-8(12)6-9(10)13/h2-6H,1H3,(H,15,17). The Morgan fingerprint density at radius 2 is 2.12 bits per heavy atom. The Bertz CT molecular complexity index is 566. The highest BCUT2D eigenvalue weighted by Gasteiger charge is 2.11. The lowest BCUT2D eigenvalue weighted by Gasteiger charge is -2.08. The number of halogens is 2. The van der Waals surface area contributed by atoms with E-state index in [0.717, 1.165) is 12.1 Å². The molecule has 0 saturated heterocycles. The molecule has 0 aliphatic heterocycles. The maximum absolute atomic E-state index is 13.5. The average molecular weight is 237 g/mol. The van der Waals surface area contributed by atoms with Gasteiger partial charge in [0.15, 0.2) is 5.82 Å². The first-order valence-corrected chi connectivity index (χ1v) is 4.85. The number of nitrogens with one attached hydrogen (secondary N) is 1. The molecule has 0 aliphatic rings. The molecule has 0 saturated carbocycles. The van der Waals surface area contributed by atoms with Crippen molar-refractivity contribution in [2.24, 2.45) is 0 Å². The van der Waals surface area contributed by atoms with Gasteiger partial charge < -0.3 is 5.32 Å². The summed E-state index contributed by atoms with van der Waals surface area (Å²) >= 11 is 0. The van der Waals surface area contributed by atoms with Gasteiger partial charge in [0.1, 0.15) is 17.3 Å². The third-order valence-corrected chi connectivity index (χ3v) is 2.08. The lowest BCUT2D eigenvalue weighted by atomic mass is 10.3. The second-order valence-corrected chi connectivity index (χ2v) is 3.41. The molecule has 2 aromatic rings. The van der Waals surface area contributed by atoms with E-state index < -0.39 is 11.6 Å². The monoisotopic (exact) mass is 237 g/mol. The van der Waals surface area contributed by atoms with Crippen LogP contribution in [0.15, 0.2) is 30.5 Å². The summed E-state index contributed by atoms with van der Waals surface area (Å²) in [5, 5.41) is 6.36. The SMILES string of the molecule is CC(=O)Nc1ccnn1-c1ccc(F)cc1F. The minimum Gasteiger partial charge on any atom is -0.311 e. The Balaban J connectivity index is 2.46. The predicted octanol–water partition coefficient (Wildman–Crippen LogP) is 2.11. The van der Waals surface area contributed by atoms with Gasteiger partial charge in [-0.3, -0.25) is 4.79 Å². The van der Waals surface area contributed by atoms with Crippen LogP contribution in [0.3, 0.4) is 0 Å². The summed E-state index contributed by atoms with van der Waals surface area (Å²) in [5.41, 5.74) is 0.0696. The number of hydrogen-bond donors (Lipinski definition) is 1. The summed E-state index contributed by atoms with van der Waals surface area (Å²) in [6, 6.07) is 4.65. The van der Waals surface area contributed by atoms with Crippen molar-refractivity contribution in [3.63, 3.8) is 0 Å². The molecule has 1 aromatic heterocycles. The first-order valence-electron chi connectivity index (χ1n) is 4.85. The normalized spacial score (nSPS) is 10.3. The van der Waals surface area contributed by atoms with Crippen molar-refractivity contribution in [1.82, 2.24) is 9.78 Å². The van der Waals surface area contributed by atoms with Crippen LogP contribution in [0, 0.1) is 11.6 Å². The lowest BCUT2D eigenvalue weighted by Crippen LogP contribution is -2.11. The number of aromatic nitrogens is 2. The van der Waals surface area contributed by atoms with E-state index in [1.807, 2.05) is 0 Å². The summed E-state index contributed by atoms with van der Waals surface area (Å²) in [6.45, 7) is 1.33. The van der Waals surface area contributed by atoms with Crippen molar-refractivity contribution in [2.45, 2.75) is 6.92 Å². The van der Waals surface area contributed by atoms with Crippen molar-refractivity contribution in [1.29, 1.82) is 0 Å². The minimum absolute atomic E-state index is 0.0696. The van der Waals surface area contributed by atoms with Crippen LogP contribution in [0.1, 0.15) is 6.92 Å². The third kappa shape index (κ3) is 2.30. The molecule has 17 heavy (non-hydrogen) atoms. The van der Waals surface area contributed by atoms with Crippen molar-refractivity contribution < 1.29 is 13.6 Å². The van der Waals surface area contributed by atoms with Crippen LogP contribution in [0.25, 0.3) is 5.69 Å². The van der Waals surface area contributed by atoms with E-state index in [9.17, 15) is 13.6 Å². The van der Waals surface area contributed by atoms with Gasteiger partial charge in [-0.25, -0.2) is 13.5 Å². The Labute approximate surface area is 95.9 Å². The van der Waals surface area contributed by atoms with Gasteiger partial charge >= 0.3 is 0 Å². The fourth-order valence-electron chi connectivity index (χ4n) is 1.42. The highest BCUT2D eigenvalue weighted by atomic mass is 19.1. The molecule has 0 unspecified atom stereocenters. The summed E-state index contributed by atoms with van der Waals surface area (Å²) < 4.78 is 27.5. The molecular weight excluding hydrogens is 228 g/mol. The summed E-state index contributed by atoms with van der Waals surface area (Å²) in [6.07, 6.45) is 1.41. The van der Waals surface area contributed by atoms with E-state index in [-0.39, 0.29) is 11.6 Å². The van der Waals surface area contributed by atoms with Crippen molar-refractivity contribution >= 4 is 11.7 Å². The molecule has 0 spiro atoms. The van der Waals surface area contributed by atoms with Gasteiger partial charge in [0.25, 0.3) is 0 Å². The van der Waals surface area contributed by atoms with Crippen LogP contribution in [-0.2, 0) is 4.79 Å². The van der Waals surface area contributed by atoms with E-state index in [4.69, 9.17) is 0 Å². The smallest absolute Gasteiger partial charge is 0.222 e. The van der Waals surface area contributed by atoms with E-state index in [2.05, 4.69) is 10.4 Å². The van der Waals surface area contributed by atoms with Crippen LogP contribution in [0.4, 0.5) is 14.6 Å². The van der Waals surface area contributed by atoms with Crippen molar-refractivity contribution in [3.05, 3.63) is 42.1 Å². The van der Waals surface area contributed by atoms with E-state index in [0.29, 0.717) is 5.82 Å². The number of hydrogen-bond acceptors (Lipinski definition) is 2. The highest BCUT2D eigenvalue weighted by molar-refractivity contribution is 5.87. The Kier molecular flexibility index (Phi) is 2.86. The van der Waals surface area contributed by atoms with Crippen LogP contribution >= 0.6 is 0 Å². The second kappa shape index (κ2) is 4.32. The molecule has 6 heteroatoms. The van der Waals surface area contributed by atoms with Crippen LogP contribution in [0.5, 0.6) is 0 Å². The largest absolute Gasteiger partial charge is 0.311 e. The zero-order valence-electron chi connectivity index (χ0n) is 8.95. The van der Waals surface area contributed by atoms with Gasteiger partial charge in [-0.15, -0.1) is 0 Å². The topological polar surface area (TPSA) is 46.9 Å². The zero-order chi connectivity index (χ0) is 12.4. The zero-order valence-corrected chi connectivity index (χ0v) is 8.95. The van der Waals surface area contributed by atoms with E-state index >= 15 is 0 Å². The number of nitrogens with zero attached hydrogens (tertiary/aromatic N) is 2. The summed E-state index contributed by atoms with van der Waals surface area (Å²) in [7, 11) is 0. The number of carbonyl (C=O) groups excluding carboxylic acids is 1. The Morgan fingerprint density at radius 3 is 2.76 bits per heavy atom. The quantitative estimate of drug-likeness (QED) is 0.869. The Morgan fingerprint density at radius 1 is 1.35 bits per heavy atom. The summed E-state index contributed by atoms with van der Waals surface area (Å²) in [4.78, 5) is 10.9. The number of benzene rings is 1. The van der Waals surface area contributed by atoms with Crippen LogP contribution < -0.4 is 5.32 Å². The van der Waals surface area contributed by atoms with Gasteiger partial charge in [0, 0.05) is 19.1 Å². The number of rotatable bonds is 2. The molecule has 1 heterocycles. The minimum atomic E-state index is -0.750. The molecule has 0 aliphatic carbocycles. The second-order valence-electron chi connectivity index (χ2n) is 3.41.